The minimum atomic E-state index is -0.524. The molecule has 0 rings (SSSR count). The van der Waals surface area contributed by atoms with E-state index in [0.29, 0.717) is 13.1 Å². The van der Waals surface area contributed by atoms with Gasteiger partial charge in [0.25, 0.3) is 0 Å². The van der Waals surface area contributed by atoms with Crippen LogP contribution >= 0.6 is 0 Å². The Morgan fingerprint density at radius 2 is 1.54 bits per heavy atom. The fourth-order valence-electron chi connectivity index (χ4n) is 1.14. The molecule has 5 heteroatoms. The van der Waals surface area contributed by atoms with E-state index in [1.54, 1.807) is 18.7 Å². The van der Waals surface area contributed by atoms with Crippen LogP contribution in [0.2, 0.25) is 0 Å². The third-order valence-electron chi connectivity index (χ3n) is 1.65. The van der Waals surface area contributed by atoms with E-state index in [-0.39, 0.29) is 6.61 Å². The zero-order chi connectivity index (χ0) is 10.4. The van der Waals surface area contributed by atoms with E-state index in [0.717, 1.165) is 0 Å². The maximum absolute atomic E-state index is 9.12. The van der Waals surface area contributed by atoms with Crippen LogP contribution in [0.4, 0.5) is 0 Å². The molecule has 0 aromatic rings. The van der Waals surface area contributed by atoms with Crippen LogP contribution in [0.1, 0.15) is 13.8 Å². The monoisotopic (exact) mass is 192 g/mol. The molecule has 0 fully saturated rings. The maximum Gasteiger partial charge on any atom is 0.0812 e. The summed E-state index contributed by atoms with van der Waals surface area (Å²) in [6.07, 6.45) is -1.56. The van der Waals surface area contributed by atoms with E-state index >= 15 is 0 Å². The van der Waals surface area contributed by atoms with Crippen molar-refractivity contribution in [1.82, 2.24) is 4.90 Å². The normalized spacial score (nSPS) is 18.7. The molecule has 5 N–H and O–H groups in total. The van der Waals surface area contributed by atoms with Gasteiger partial charge < -0.3 is 21.1 Å². The van der Waals surface area contributed by atoms with Crippen LogP contribution in [0, 0.1) is 0 Å². The second-order valence-electron chi connectivity index (χ2n) is 3.40. The first-order valence-corrected chi connectivity index (χ1v) is 4.44. The molecular formula is C8H20N2O3. The van der Waals surface area contributed by atoms with Crippen molar-refractivity contribution in [2.75, 3.05) is 19.7 Å². The molecule has 0 spiro atoms. The van der Waals surface area contributed by atoms with Crippen molar-refractivity contribution in [2.45, 2.75) is 32.2 Å². The quantitative estimate of drug-likeness (QED) is 0.378. The van der Waals surface area contributed by atoms with Crippen LogP contribution in [0.25, 0.3) is 0 Å². The molecule has 0 amide bonds. The number of nitrogens with zero attached hydrogens (tertiary/aromatic N) is 1. The van der Waals surface area contributed by atoms with E-state index in [1.165, 1.54) is 0 Å². The number of aliphatic hydroxyl groups excluding tert-OH is 3. The average molecular weight is 192 g/mol. The molecule has 13 heavy (non-hydrogen) atoms. The number of hydrogen-bond donors (Lipinski definition) is 4. The van der Waals surface area contributed by atoms with Gasteiger partial charge in [0.05, 0.1) is 25.0 Å². The van der Waals surface area contributed by atoms with Crippen molar-refractivity contribution in [3.8, 4) is 0 Å². The van der Waals surface area contributed by atoms with Crippen molar-refractivity contribution in [2.24, 2.45) is 5.73 Å². The summed E-state index contributed by atoms with van der Waals surface area (Å²) in [5.41, 5.74) is 5.57. The summed E-state index contributed by atoms with van der Waals surface area (Å²) in [6, 6.07) is 0. The lowest BCUT2D eigenvalue weighted by atomic mass is 10.3. The Balaban J connectivity index is 4.02. The highest BCUT2D eigenvalue weighted by molar-refractivity contribution is 4.69. The van der Waals surface area contributed by atoms with Gasteiger partial charge in [0.1, 0.15) is 0 Å². The molecular weight excluding hydrogens is 172 g/mol. The van der Waals surface area contributed by atoms with Crippen molar-refractivity contribution in [3.05, 3.63) is 0 Å². The summed E-state index contributed by atoms with van der Waals surface area (Å²) in [6.45, 7) is 3.80. The molecule has 0 saturated heterocycles. The Morgan fingerprint density at radius 3 is 1.77 bits per heavy atom. The molecule has 0 saturated carbocycles. The minimum absolute atomic E-state index is 0.181. The Morgan fingerprint density at radius 1 is 1.15 bits per heavy atom. The number of rotatable bonds is 6. The molecule has 5 nitrogen and oxygen atoms in total. The Labute approximate surface area is 78.8 Å². The van der Waals surface area contributed by atoms with Gasteiger partial charge in [0, 0.05) is 13.1 Å². The summed E-state index contributed by atoms with van der Waals surface area (Å²) >= 11 is 0. The number of nitrogens with two attached hydrogens (primary N) is 1. The van der Waals surface area contributed by atoms with Crippen LogP contribution in [0.15, 0.2) is 0 Å². The molecule has 0 aliphatic carbocycles. The topological polar surface area (TPSA) is 90.0 Å². The summed E-state index contributed by atoms with van der Waals surface area (Å²) < 4.78 is 0. The van der Waals surface area contributed by atoms with E-state index in [9.17, 15) is 0 Å². The van der Waals surface area contributed by atoms with E-state index in [4.69, 9.17) is 21.1 Å². The van der Waals surface area contributed by atoms with Gasteiger partial charge in [-0.05, 0) is 13.8 Å². The van der Waals surface area contributed by atoms with Crippen LogP contribution in [0.5, 0.6) is 0 Å². The van der Waals surface area contributed by atoms with E-state index < -0.39 is 18.4 Å². The van der Waals surface area contributed by atoms with Gasteiger partial charge in [0.2, 0.25) is 0 Å². The second kappa shape index (κ2) is 6.28. The lowest BCUT2D eigenvalue weighted by Gasteiger charge is -2.29. The molecule has 0 aliphatic rings. The fraction of sp³-hybridized carbons (Fsp3) is 1.00. The average Bonchev–Trinajstić information content (AvgIpc) is 2.00. The first-order valence-electron chi connectivity index (χ1n) is 4.44. The lowest BCUT2D eigenvalue weighted by Crippen LogP contribution is -2.50. The zero-order valence-corrected chi connectivity index (χ0v) is 8.22. The molecule has 3 atom stereocenters. The molecule has 0 radical (unpaired) electrons. The summed E-state index contributed by atoms with van der Waals surface area (Å²) in [5, 5.41) is 27.0. The second-order valence-corrected chi connectivity index (χ2v) is 3.40. The number of hydrogen-bond acceptors (Lipinski definition) is 5. The Bertz CT molecular complexity index is 121. The molecule has 0 aromatic heterocycles. The van der Waals surface area contributed by atoms with Gasteiger partial charge in [-0.2, -0.15) is 0 Å². The van der Waals surface area contributed by atoms with Gasteiger partial charge in [0.15, 0.2) is 0 Å². The molecule has 80 valence electrons. The smallest absolute Gasteiger partial charge is 0.0812 e. The highest BCUT2D eigenvalue weighted by Gasteiger charge is 2.16. The van der Waals surface area contributed by atoms with E-state index in [2.05, 4.69) is 0 Å². The van der Waals surface area contributed by atoms with Gasteiger partial charge in [-0.1, -0.05) is 0 Å². The van der Waals surface area contributed by atoms with Crippen molar-refractivity contribution >= 4 is 0 Å². The molecule has 0 heterocycles. The van der Waals surface area contributed by atoms with Gasteiger partial charge >= 0.3 is 0 Å². The van der Waals surface area contributed by atoms with Crippen LogP contribution < -0.4 is 5.73 Å². The SMILES string of the molecule is CC(O)CN(CC(C)O)C(N)CO. The first-order chi connectivity index (χ1) is 5.97. The summed E-state index contributed by atoms with van der Waals surface area (Å²) in [5.74, 6) is 0. The van der Waals surface area contributed by atoms with Gasteiger partial charge in [-0.3, -0.25) is 4.90 Å². The van der Waals surface area contributed by atoms with Crippen molar-refractivity contribution in [1.29, 1.82) is 0 Å². The number of aliphatic hydroxyl groups is 3. The summed E-state index contributed by atoms with van der Waals surface area (Å²) in [7, 11) is 0. The Kier molecular flexibility index (Phi) is 6.19. The van der Waals surface area contributed by atoms with Crippen LogP contribution in [0.3, 0.4) is 0 Å². The molecule has 3 unspecified atom stereocenters. The Hall–Kier alpha value is -0.200. The lowest BCUT2D eigenvalue weighted by molar-refractivity contribution is 0.0392. The van der Waals surface area contributed by atoms with Gasteiger partial charge in [-0.25, -0.2) is 0 Å². The molecule has 0 aliphatic heterocycles. The van der Waals surface area contributed by atoms with Crippen LogP contribution in [-0.2, 0) is 0 Å². The fourth-order valence-corrected chi connectivity index (χ4v) is 1.14. The molecule has 0 aromatic carbocycles. The zero-order valence-electron chi connectivity index (χ0n) is 8.22. The van der Waals surface area contributed by atoms with Crippen molar-refractivity contribution in [3.63, 3.8) is 0 Å². The van der Waals surface area contributed by atoms with E-state index in [1.807, 2.05) is 0 Å². The predicted octanol–water partition coefficient (Wildman–Crippen LogP) is -1.67. The minimum Gasteiger partial charge on any atom is -0.393 e. The third-order valence-corrected chi connectivity index (χ3v) is 1.65. The third kappa shape index (κ3) is 5.95. The largest absolute Gasteiger partial charge is 0.393 e. The standard InChI is InChI=1S/C8H20N2O3/c1-6(12)3-10(4-7(2)13)8(9)5-11/h6-8,11-13H,3-5,9H2,1-2H3. The van der Waals surface area contributed by atoms with Crippen molar-refractivity contribution < 1.29 is 15.3 Å². The van der Waals surface area contributed by atoms with Gasteiger partial charge in [-0.15, -0.1) is 0 Å². The highest BCUT2D eigenvalue weighted by Crippen LogP contribution is 1.98. The highest BCUT2D eigenvalue weighted by atomic mass is 16.3. The maximum atomic E-state index is 9.12. The first kappa shape index (κ1) is 12.8. The molecule has 0 bridgehead atoms. The summed E-state index contributed by atoms with van der Waals surface area (Å²) in [4.78, 5) is 1.65. The van der Waals surface area contributed by atoms with Crippen LogP contribution in [-0.4, -0.2) is 58.3 Å². The predicted molar refractivity (Wildman–Crippen MR) is 50.0 cm³/mol.